The number of rotatable bonds is 9. The zero-order chi connectivity index (χ0) is 25.6. The number of fused-ring (bicyclic) bond motifs is 1. The minimum absolute atomic E-state index is 0.236. The fraction of sp³-hybridized carbons (Fsp3) is 0.179. The highest BCUT2D eigenvalue weighted by molar-refractivity contribution is 5.92. The van der Waals surface area contributed by atoms with Gasteiger partial charge in [-0.15, -0.1) is 0 Å². The molecule has 3 aromatic heterocycles. The number of hydrogen-bond acceptors (Lipinski definition) is 8. The van der Waals surface area contributed by atoms with Gasteiger partial charge in [-0.05, 0) is 36.2 Å². The van der Waals surface area contributed by atoms with E-state index in [9.17, 15) is 4.79 Å². The molecule has 9 nitrogen and oxygen atoms in total. The molecule has 0 bridgehead atoms. The molecule has 5 rings (SSSR count). The van der Waals surface area contributed by atoms with Crippen LogP contribution in [0.15, 0.2) is 79.3 Å². The molecule has 0 fully saturated rings. The Hall–Kier alpha value is -4.79. The summed E-state index contributed by atoms with van der Waals surface area (Å²) in [4.78, 5) is 25.3. The first kappa shape index (κ1) is 23.9. The van der Waals surface area contributed by atoms with Gasteiger partial charge in [0, 0.05) is 23.5 Å². The summed E-state index contributed by atoms with van der Waals surface area (Å²) in [6.45, 7) is 2.70. The summed E-state index contributed by atoms with van der Waals surface area (Å²) in [6.07, 6.45) is 5.28. The Bertz CT molecular complexity index is 1530. The van der Waals surface area contributed by atoms with Gasteiger partial charge in [-0.1, -0.05) is 42.5 Å². The molecule has 0 aliphatic heterocycles. The Morgan fingerprint density at radius 3 is 2.65 bits per heavy atom. The first-order valence-electron chi connectivity index (χ1n) is 11.9. The van der Waals surface area contributed by atoms with Crippen LogP contribution in [0.3, 0.4) is 0 Å². The maximum Gasteiger partial charge on any atom is 0.310 e. The molecule has 9 heteroatoms. The summed E-state index contributed by atoms with van der Waals surface area (Å²) in [7, 11) is 1.58. The van der Waals surface area contributed by atoms with Crippen molar-refractivity contribution in [3.63, 3.8) is 0 Å². The Balaban J connectivity index is 1.49. The molecule has 0 saturated heterocycles. The molecule has 5 aromatic rings. The molecule has 37 heavy (non-hydrogen) atoms. The third-order valence-corrected chi connectivity index (χ3v) is 5.77. The highest BCUT2D eigenvalue weighted by Gasteiger charge is 2.17. The van der Waals surface area contributed by atoms with Crippen LogP contribution in [0.1, 0.15) is 18.1 Å². The number of para-hydroxylation sites is 1. The predicted molar refractivity (Wildman–Crippen MR) is 141 cm³/mol. The van der Waals surface area contributed by atoms with E-state index in [1.54, 1.807) is 32.6 Å². The van der Waals surface area contributed by atoms with Gasteiger partial charge in [-0.25, -0.2) is 9.97 Å². The maximum absolute atomic E-state index is 11.9. The van der Waals surface area contributed by atoms with Crippen LogP contribution >= 0.6 is 0 Å². The minimum Gasteiger partial charge on any atom is -0.491 e. The van der Waals surface area contributed by atoms with E-state index in [0.29, 0.717) is 36.2 Å². The van der Waals surface area contributed by atoms with Gasteiger partial charge in [0.05, 0.1) is 38.4 Å². The Labute approximate surface area is 214 Å². The molecule has 0 radical (unpaired) electrons. The first-order valence-corrected chi connectivity index (χ1v) is 11.9. The lowest BCUT2D eigenvalue weighted by Gasteiger charge is -2.10. The fourth-order valence-corrected chi connectivity index (χ4v) is 4.10. The van der Waals surface area contributed by atoms with Gasteiger partial charge in [0.2, 0.25) is 0 Å². The summed E-state index contributed by atoms with van der Waals surface area (Å²) in [5.41, 5.74) is 4.38. The molecule has 0 aliphatic carbocycles. The molecule has 0 saturated carbocycles. The van der Waals surface area contributed by atoms with E-state index in [1.807, 2.05) is 65.3 Å². The number of carbonyl (C=O) groups excluding carboxylic acids is 1. The number of hydrogen-bond donors (Lipinski definition) is 1. The van der Waals surface area contributed by atoms with Gasteiger partial charge in [0.25, 0.3) is 0 Å². The van der Waals surface area contributed by atoms with Crippen LogP contribution in [-0.2, 0) is 22.5 Å². The molecule has 1 N–H and O–H groups in total. The van der Waals surface area contributed by atoms with Gasteiger partial charge in [-0.2, -0.15) is 5.10 Å². The Kier molecular flexibility index (Phi) is 7.02. The van der Waals surface area contributed by atoms with E-state index in [-0.39, 0.29) is 12.4 Å². The Morgan fingerprint density at radius 1 is 1.03 bits per heavy atom. The van der Waals surface area contributed by atoms with Crippen LogP contribution in [0.4, 0.5) is 11.5 Å². The molecule has 0 spiro atoms. The van der Waals surface area contributed by atoms with Crippen molar-refractivity contribution in [1.29, 1.82) is 0 Å². The smallest absolute Gasteiger partial charge is 0.310 e. The number of benzene rings is 2. The summed E-state index contributed by atoms with van der Waals surface area (Å²) >= 11 is 0. The fourth-order valence-electron chi connectivity index (χ4n) is 4.10. The number of ether oxygens (including phenoxy) is 2. The van der Waals surface area contributed by atoms with Gasteiger partial charge in [0.1, 0.15) is 5.69 Å². The normalized spacial score (nSPS) is 10.9. The van der Waals surface area contributed by atoms with Crippen LogP contribution in [0.2, 0.25) is 0 Å². The van der Waals surface area contributed by atoms with E-state index >= 15 is 0 Å². The van der Waals surface area contributed by atoms with Crippen LogP contribution in [0.25, 0.3) is 22.4 Å². The lowest BCUT2D eigenvalue weighted by Crippen LogP contribution is -2.08. The number of aromatic nitrogens is 5. The molecule has 3 heterocycles. The zero-order valence-corrected chi connectivity index (χ0v) is 20.6. The average Bonchev–Trinajstić information content (AvgIpc) is 3.28. The number of esters is 1. The van der Waals surface area contributed by atoms with Gasteiger partial charge >= 0.3 is 5.97 Å². The van der Waals surface area contributed by atoms with Crippen molar-refractivity contribution in [2.24, 2.45) is 0 Å². The number of nitrogens with zero attached hydrogens (tertiary/aromatic N) is 5. The van der Waals surface area contributed by atoms with Gasteiger partial charge in [0.15, 0.2) is 17.4 Å². The van der Waals surface area contributed by atoms with Crippen molar-refractivity contribution in [3.05, 3.63) is 90.4 Å². The third-order valence-electron chi connectivity index (χ3n) is 5.77. The second-order valence-electron chi connectivity index (χ2n) is 8.30. The largest absolute Gasteiger partial charge is 0.491 e. The van der Waals surface area contributed by atoms with Crippen LogP contribution in [0.5, 0.6) is 5.75 Å². The molecule has 0 unspecified atom stereocenters. The van der Waals surface area contributed by atoms with E-state index in [0.717, 1.165) is 27.7 Å². The third kappa shape index (κ3) is 5.40. The van der Waals surface area contributed by atoms with E-state index in [1.165, 1.54) is 0 Å². The molecular formula is C28H26N6O3. The van der Waals surface area contributed by atoms with E-state index in [4.69, 9.17) is 19.6 Å². The van der Waals surface area contributed by atoms with Crippen LogP contribution < -0.4 is 10.1 Å². The molecular weight excluding hydrogens is 468 g/mol. The van der Waals surface area contributed by atoms with E-state index < -0.39 is 0 Å². The summed E-state index contributed by atoms with van der Waals surface area (Å²) in [5, 5.41) is 9.11. The standard InChI is InChI=1S/C28H26N6O3/c1-3-37-25(35)16-19-7-6-8-20(15-19)18-34-23-10-5-4-9-22(23)26(33-34)28-30-17-24(36-2)27(32-28)31-21-11-13-29-14-12-21/h4-15,17H,3,16,18H2,1-2H3,(H,29,30,31,32). The van der Waals surface area contributed by atoms with Crippen molar-refractivity contribution < 1.29 is 14.3 Å². The number of nitrogens with one attached hydrogen (secondary N) is 1. The summed E-state index contributed by atoms with van der Waals surface area (Å²) < 4.78 is 12.5. The van der Waals surface area contributed by atoms with Crippen molar-refractivity contribution in [1.82, 2.24) is 24.7 Å². The van der Waals surface area contributed by atoms with Crippen molar-refractivity contribution in [2.45, 2.75) is 19.9 Å². The molecule has 0 amide bonds. The van der Waals surface area contributed by atoms with E-state index in [2.05, 4.69) is 15.3 Å². The van der Waals surface area contributed by atoms with Crippen LogP contribution in [-0.4, -0.2) is 44.4 Å². The number of methoxy groups -OCH3 is 1. The van der Waals surface area contributed by atoms with Crippen molar-refractivity contribution >= 4 is 28.4 Å². The molecule has 186 valence electrons. The molecule has 0 aliphatic rings. The van der Waals surface area contributed by atoms with Crippen molar-refractivity contribution in [3.8, 4) is 17.3 Å². The Morgan fingerprint density at radius 2 is 1.84 bits per heavy atom. The number of carbonyl (C=O) groups is 1. The van der Waals surface area contributed by atoms with Crippen LogP contribution in [0, 0.1) is 0 Å². The topological polar surface area (TPSA) is 104 Å². The number of pyridine rings is 1. The summed E-state index contributed by atoms with van der Waals surface area (Å²) in [6, 6.07) is 19.6. The monoisotopic (exact) mass is 494 g/mol. The van der Waals surface area contributed by atoms with Crippen molar-refractivity contribution in [2.75, 3.05) is 19.0 Å². The van der Waals surface area contributed by atoms with Gasteiger partial charge < -0.3 is 14.8 Å². The molecule has 0 atom stereocenters. The average molecular weight is 495 g/mol. The highest BCUT2D eigenvalue weighted by atomic mass is 16.5. The second-order valence-corrected chi connectivity index (χ2v) is 8.30. The first-order chi connectivity index (χ1) is 18.1. The molecule has 2 aromatic carbocycles. The summed E-state index contributed by atoms with van der Waals surface area (Å²) in [5.74, 6) is 1.29. The maximum atomic E-state index is 11.9. The highest BCUT2D eigenvalue weighted by Crippen LogP contribution is 2.31. The minimum atomic E-state index is -0.237. The zero-order valence-electron chi connectivity index (χ0n) is 20.6. The SMILES string of the molecule is CCOC(=O)Cc1cccc(Cn2nc(-c3ncc(OC)c(Nc4ccncc4)n3)c3ccccc32)c1. The number of anilines is 2. The van der Waals surface area contributed by atoms with Gasteiger partial charge in [-0.3, -0.25) is 14.5 Å². The quantitative estimate of drug-likeness (QED) is 0.292. The lowest BCUT2D eigenvalue weighted by molar-refractivity contribution is -0.142. The second kappa shape index (κ2) is 10.9. The predicted octanol–water partition coefficient (Wildman–Crippen LogP) is 4.79. The lowest BCUT2D eigenvalue weighted by atomic mass is 10.1.